The summed E-state index contributed by atoms with van der Waals surface area (Å²) in [7, 11) is 0. The molecule has 0 saturated heterocycles. The van der Waals surface area contributed by atoms with Crippen molar-refractivity contribution in [3.63, 3.8) is 0 Å². The van der Waals surface area contributed by atoms with E-state index in [0.29, 0.717) is 16.8 Å². The van der Waals surface area contributed by atoms with E-state index < -0.39 is 4.92 Å². The zero-order chi connectivity index (χ0) is 12.1. The normalized spacial score (nSPS) is 9.25. The Hall–Kier alpha value is -1.94. The van der Waals surface area contributed by atoms with Crippen molar-refractivity contribution in [2.24, 2.45) is 0 Å². The molecule has 82 valence electrons. The molecule has 7 heteroatoms. The van der Waals surface area contributed by atoms with Crippen LogP contribution < -0.4 is 5.32 Å². The Morgan fingerprint density at radius 2 is 2.50 bits per heavy atom. The Morgan fingerprint density at radius 1 is 1.81 bits per heavy atom. The number of nitrogens with zero attached hydrogens (tertiary/aromatic N) is 3. The van der Waals surface area contributed by atoms with Gasteiger partial charge in [-0.25, -0.2) is 4.98 Å². The number of pyridine rings is 1. The molecule has 0 radical (unpaired) electrons. The van der Waals surface area contributed by atoms with Crippen LogP contribution in [0.2, 0.25) is 0 Å². The van der Waals surface area contributed by atoms with Crippen LogP contribution in [0.5, 0.6) is 0 Å². The highest BCUT2D eigenvalue weighted by Crippen LogP contribution is 2.18. The minimum atomic E-state index is -0.596. The first-order chi connectivity index (χ1) is 7.54. The van der Waals surface area contributed by atoms with E-state index in [4.69, 9.17) is 5.26 Å². The number of aromatic nitrogens is 1. The van der Waals surface area contributed by atoms with Crippen LogP contribution in [-0.2, 0) is 0 Å². The molecule has 0 aliphatic rings. The van der Waals surface area contributed by atoms with Crippen LogP contribution in [0.3, 0.4) is 0 Å². The molecule has 0 spiro atoms. The Kier molecular flexibility index (Phi) is 3.96. The molecule has 0 unspecified atom stereocenters. The van der Waals surface area contributed by atoms with Crippen molar-refractivity contribution >= 4 is 27.4 Å². The molecule has 1 N–H and O–H groups in total. The molecule has 0 amide bonds. The molecule has 0 aliphatic carbocycles. The summed E-state index contributed by atoms with van der Waals surface area (Å²) in [5.41, 5.74) is -0.0808. The van der Waals surface area contributed by atoms with Gasteiger partial charge in [-0.15, -0.1) is 0 Å². The van der Waals surface area contributed by atoms with E-state index in [0.717, 1.165) is 6.20 Å². The molecule has 16 heavy (non-hydrogen) atoms. The lowest BCUT2D eigenvalue weighted by Gasteiger charge is -2.05. The van der Waals surface area contributed by atoms with Crippen molar-refractivity contribution in [2.45, 2.75) is 0 Å². The number of anilines is 1. The fourth-order valence-electron chi connectivity index (χ4n) is 0.959. The van der Waals surface area contributed by atoms with Crippen LogP contribution in [0.1, 0.15) is 5.56 Å². The summed E-state index contributed by atoms with van der Waals surface area (Å²) in [6.07, 6.45) is 1.10. The molecule has 0 bridgehead atoms. The Labute approximate surface area is 99.9 Å². The van der Waals surface area contributed by atoms with Crippen LogP contribution in [0.15, 0.2) is 23.3 Å². The first-order valence-electron chi connectivity index (χ1n) is 4.16. The summed E-state index contributed by atoms with van der Waals surface area (Å²) in [6, 6.07) is 3.01. The molecule has 0 fully saturated rings. The molecule has 0 aromatic carbocycles. The highest BCUT2D eigenvalue weighted by molar-refractivity contribution is 9.11. The summed E-state index contributed by atoms with van der Waals surface area (Å²) in [6.45, 7) is 4.00. The molecular weight excluding hydrogens is 276 g/mol. The summed E-state index contributed by atoms with van der Waals surface area (Å²) in [5, 5.41) is 22.1. The number of hydrogen-bond donors (Lipinski definition) is 1. The van der Waals surface area contributed by atoms with E-state index in [9.17, 15) is 10.1 Å². The smallest absolute Gasteiger partial charge is 0.289 e. The van der Waals surface area contributed by atoms with E-state index >= 15 is 0 Å². The number of hydrogen-bond acceptors (Lipinski definition) is 5. The van der Waals surface area contributed by atoms with Gasteiger partial charge in [0.2, 0.25) is 0 Å². The zero-order valence-corrected chi connectivity index (χ0v) is 9.69. The van der Waals surface area contributed by atoms with E-state index in [-0.39, 0.29) is 11.3 Å². The third kappa shape index (κ3) is 3.03. The minimum Gasteiger partial charge on any atom is -0.364 e. The molecule has 0 atom stereocenters. The fourth-order valence-corrected chi connectivity index (χ4v) is 1.10. The van der Waals surface area contributed by atoms with Crippen LogP contribution in [0.25, 0.3) is 0 Å². The monoisotopic (exact) mass is 282 g/mol. The van der Waals surface area contributed by atoms with Gasteiger partial charge in [0.25, 0.3) is 5.69 Å². The van der Waals surface area contributed by atoms with Crippen LogP contribution in [0, 0.1) is 21.4 Å². The number of rotatable bonds is 4. The van der Waals surface area contributed by atoms with Gasteiger partial charge in [0, 0.05) is 17.1 Å². The van der Waals surface area contributed by atoms with E-state index in [1.54, 1.807) is 0 Å². The topological polar surface area (TPSA) is 91.8 Å². The Balaban J connectivity index is 2.99. The van der Waals surface area contributed by atoms with Gasteiger partial charge in [-0.2, -0.15) is 5.26 Å². The quantitative estimate of drug-likeness (QED) is 0.675. The maximum atomic E-state index is 10.5. The molecule has 1 heterocycles. The Bertz CT molecular complexity index is 481. The lowest BCUT2D eigenvalue weighted by atomic mass is 10.2. The van der Waals surface area contributed by atoms with Crippen molar-refractivity contribution in [3.05, 3.63) is 39.0 Å². The molecule has 1 aromatic heterocycles. The standard InChI is InChI=1S/C9H7BrN4O2/c1-6(10)4-12-9-7(3-11)2-8(5-13-9)14(15)16/h2,5H,1,4H2,(H,12,13). The van der Waals surface area contributed by atoms with Crippen molar-refractivity contribution in [3.8, 4) is 6.07 Å². The van der Waals surface area contributed by atoms with Crippen molar-refractivity contribution in [1.82, 2.24) is 4.98 Å². The molecule has 1 aromatic rings. The van der Waals surface area contributed by atoms with Gasteiger partial charge in [0.15, 0.2) is 0 Å². The van der Waals surface area contributed by atoms with Gasteiger partial charge in [-0.1, -0.05) is 22.5 Å². The van der Waals surface area contributed by atoms with Gasteiger partial charge >= 0.3 is 0 Å². The number of halogens is 1. The van der Waals surface area contributed by atoms with Crippen molar-refractivity contribution < 1.29 is 4.92 Å². The summed E-state index contributed by atoms with van der Waals surface area (Å²) >= 11 is 3.14. The SMILES string of the molecule is C=C(Br)CNc1ncc([N+](=O)[O-])cc1C#N. The van der Waals surface area contributed by atoms with Crippen LogP contribution in [-0.4, -0.2) is 16.5 Å². The number of nitrogens with one attached hydrogen (secondary N) is 1. The second kappa shape index (κ2) is 5.23. The fraction of sp³-hybridized carbons (Fsp3) is 0.111. The predicted octanol–water partition coefficient (Wildman–Crippen LogP) is 2.18. The third-order valence-electron chi connectivity index (χ3n) is 1.65. The van der Waals surface area contributed by atoms with Gasteiger partial charge in [-0.05, 0) is 0 Å². The minimum absolute atomic E-state index is 0.128. The van der Waals surface area contributed by atoms with E-state index in [1.165, 1.54) is 6.07 Å². The lowest BCUT2D eigenvalue weighted by Crippen LogP contribution is -2.05. The molecular formula is C9H7BrN4O2. The van der Waals surface area contributed by atoms with E-state index in [2.05, 4.69) is 32.8 Å². The Morgan fingerprint density at radius 3 is 3.00 bits per heavy atom. The zero-order valence-electron chi connectivity index (χ0n) is 8.11. The van der Waals surface area contributed by atoms with Crippen molar-refractivity contribution in [2.75, 3.05) is 11.9 Å². The molecule has 1 rings (SSSR count). The van der Waals surface area contributed by atoms with E-state index in [1.807, 2.05) is 6.07 Å². The lowest BCUT2D eigenvalue weighted by molar-refractivity contribution is -0.385. The average Bonchev–Trinajstić information content (AvgIpc) is 2.25. The van der Waals surface area contributed by atoms with Gasteiger partial charge in [-0.3, -0.25) is 10.1 Å². The maximum absolute atomic E-state index is 10.5. The number of nitro groups is 1. The highest BCUT2D eigenvalue weighted by Gasteiger charge is 2.11. The van der Waals surface area contributed by atoms with Crippen LogP contribution in [0.4, 0.5) is 11.5 Å². The molecule has 0 saturated carbocycles. The number of nitriles is 1. The van der Waals surface area contributed by atoms with Gasteiger partial charge < -0.3 is 5.32 Å². The van der Waals surface area contributed by atoms with Gasteiger partial charge in [0.1, 0.15) is 23.6 Å². The first-order valence-corrected chi connectivity index (χ1v) is 4.95. The first kappa shape index (κ1) is 12.1. The third-order valence-corrected chi connectivity index (χ3v) is 1.93. The molecule has 6 nitrogen and oxygen atoms in total. The molecule has 0 aliphatic heterocycles. The van der Waals surface area contributed by atoms with Crippen molar-refractivity contribution in [1.29, 1.82) is 5.26 Å². The summed E-state index contributed by atoms with van der Waals surface area (Å²) < 4.78 is 0.691. The second-order valence-electron chi connectivity index (χ2n) is 2.83. The maximum Gasteiger partial charge on any atom is 0.289 e. The predicted molar refractivity (Wildman–Crippen MR) is 62.2 cm³/mol. The highest BCUT2D eigenvalue weighted by atomic mass is 79.9. The summed E-state index contributed by atoms with van der Waals surface area (Å²) in [4.78, 5) is 13.7. The largest absolute Gasteiger partial charge is 0.364 e. The van der Waals surface area contributed by atoms with Gasteiger partial charge in [0.05, 0.1) is 4.92 Å². The summed E-state index contributed by atoms with van der Waals surface area (Å²) in [5.74, 6) is 0.300. The second-order valence-corrected chi connectivity index (χ2v) is 3.95. The average molecular weight is 283 g/mol. The van der Waals surface area contributed by atoms with Crippen LogP contribution >= 0.6 is 15.9 Å².